The van der Waals surface area contributed by atoms with E-state index in [4.69, 9.17) is 16.3 Å². The predicted molar refractivity (Wildman–Crippen MR) is 108 cm³/mol. The highest BCUT2D eigenvalue weighted by Gasteiger charge is 2.27. The standard InChI is InChI=1S/C22H19ClN2O3/c1-14-11-15(2)13-17(12-14)25-21(26)19(16-7-4-3-5-8-16)28-22(27)18-9-6-10-24-20(18)23/h3-13,19H,1-2H3,(H,25,26)/t19-/m1/s1. The van der Waals surface area contributed by atoms with E-state index in [1.54, 1.807) is 30.3 Å². The summed E-state index contributed by atoms with van der Waals surface area (Å²) in [7, 11) is 0. The first kappa shape index (κ1) is 19.6. The Balaban J connectivity index is 1.88. The Morgan fingerprint density at radius 2 is 1.68 bits per heavy atom. The summed E-state index contributed by atoms with van der Waals surface area (Å²) in [5, 5.41) is 2.85. The van der Waals surface area contributed by atoms with Crippen LogP contribution in [-0.4, -0.2) is 16.9 Å². The summed E-state index contributed by atoms with van der Waals surface area (Å²) in [4.78, 5) is 29.4. The first-order valence-electron chi connectivity index (χ1n) is 8.69. The number of anilines is 1. The second-order valence-corrected chi connectivity index (χ2v) is 6.76. The summed E-state index contributed by atoms with van der Waals surface area (Å²) in [5.74, 6) is -1.17. The van der Waals surface area contributed by atoms with E-state index in [9.17, 15) is 9.59 Å². The fraction of sp³-hybridized carbons (Fsp3) is 0.136. The van der Waals surface area contributed by atoms with Gasteiger partial charge in [0, 0.05) is 17.4 Å². The van der Waals surface area contributed by atoms with Crippen molar-refractivity contribution in [3.8, 4) is 0 Å². The molecule has 0 spiro atoms. The topological polar surface area (TPSA) is 68.3 Å². The molecule has 0 aliphatic rings. The Kier molecular flexibility index (Phi) is 6.06. The van der Waals surface area contributed by atoms with Gasteiger partial charge in [-0.3, -0.25) is 4.79 Å². The van der Waals surface area contributed by atoms with Crippen LogP contribution >= 0.6 is 11.6 Å². The number of rotatable bonds is 5. The molecule has 0 bridgehead atoms. The molecule has 3 rings (SSSR count). The Bertz CT molecular complexity index is 985. The molecule has 1 amide bonds. The number of nitrogens with zero attached hydrogens (tertiary/aromatic N) is 1. The average Bonchev–Trinajstić information content (AvgIpc) is 2.66. The summed E-state index contributed by atoms with van der Waals surface area (Å²) in [5.41, 5.74) is 3.33. The van der Waals surface area contributed by atoms with Crippen LogP contribution in [-0.2, 0) is 9.53 Å². The van der Waals surface area contributed by atoms with Crippen molar-refractivity contribution in [1.29, 1.82) is 0 Å². The maximum Gasteiger partial charge on any atom is 0.342 e. The molecule has 0 fully saturated rings. The summed E-state index contributed by atoms with van der Waals surface area (Å²) in [6.07, 6.45) is 0.339. The lowest BCUT2D eigenvalue weighted by atomic mass is 10.1. The first-order chi connectivity index (χ1) is 13.4. The molecule has 6 heteroatoms. The van der Waals surface area contributed by atoms with Gasteiger partial charge >= 0.3 is 5.97 Å². The number of benzene rings is 2. The SMILES string of the molecule is Cc1cc(C)cc(NC(=O)[C@H](OC(=O)c2cccnc2Cl)c2ccccc2)c1. The number of hydrogen-bond donors (Lipinski definition) is 1. The predicted octanol–water partition coefficient (Wildman–Crippen LogP) is 4.89. The van der Waals surface area contributed by atoms with Crippen molar-refractivity contribution >= 4 is 29.2 Å². The summed E-state index contributed by atoms with van der Waals surface area (Å²) in [6, 6.07) is 17.6. The smallest absolute Gasteiger partial charge is 0.342 e. The molecule has 0 saturated heterocycles. The van der Waals surface area contributed by atoms with Crippen LogP contribution in [0.5, 0.6) is 0 Å². The Labute approximate surface area is 168 Å². The van der Waals surface area contributed by atoms with Crippen LogP contribution in [0.15, 0.2) is 66.9 Å². The number of halogens is 1. The van der Waals surface area contributed by atoms with Gasteiger partial charge in [0.2, 0.25) is 6.10 Å². The number of ether oxygens (including phenoxy) is 1. The lowest BCUT2D eigenvalue weighted by Crippen LogP contribution is -2.26. The van der Waals surface area contributed by atoms with Crippen molar-refractivity contribution in [2.75, 3.05) is 5.32 Å². The molecule has 1 atom stereocenters. The van der Waals surface area contributed by atoms with Gasteiger partial charge in [-0.15, -0.1) is 0 Å². The lowest BCUT2D eigenvalue weighted by Gasteiger charge is -2.18. The molecule has 1 N–H and O–H groups in total. The molecule has 0 unspecified atom stereocenters. The maximum absolute atomic E-state index is 13.0. The zero-order valence-corrected chi connectivity index (χ0v) is 16.2. The highest BCUT2D eigenvalue weighted by atomic mass is 35.5. The van der Waals surface area contributed by atoms with Gasteiger partial charge in [0.1, 0.15) is 5.15 Å². The minimum atomic E-state index is -1.13. The van der Waals surface area contributed by atoms with Gasteiger partial charge in [0.05, 0.1) is 5.56 Å². The third-order valence-electron chi connectivity index (χ3n) is 4.03. The van der Waals surface area contributed by atoms with Gasteiger partial charge in [0.15, 0.2) is 0 Å². The zero-order valence-electron chi connectivity index (χ0n) is 15.5. The summed E-state index contributed by atoms with van der Waals surface area (Å²) in [6.45, 7) is 3.89. The molecule has 3 aromatic rings. The number of amides is 1. The normalized spacial score (nSPS) is 11.5. The molecule has 0 radical (unpaired) electrons. The number of pyridine rings is 1. The van der Waals surface area contributed by atoms with Gasteiger partial charge < -0.3 is 10.1 Å². The highest BCUT2D eigenvalue weighted by molar-refractivity contribution is 6.32. The van der Waals surface area contributed by atoms with Gasteiger partial charge in [-0.05, 0) is 49.2 Å². The minimum Gasteiger partial charge on any atom is -0.444 e. The maximum atomic E-state index is 13.0. The number of hydrogen-bond acceptors (Lipinski definition) is 4. The van der Waals surface area contributed by atoms with Crippen molar-refractivity contribution in [3.05, 3.63) is 94.3 Å². The fourth-order valence-electron chi connectivity index (χ4n) is 2.86. The molecule has 142 valence electrons. The van der Waals surface area contributed by atoms with Crippen LogP contribution in [0.1, 0.15) is 33.2 Å². The van der Waals surface area contributed by atoms with E-state index >= 15 is 0 Å². The van der Waals surface area contributed by atoms with Gasteiger partial charge in [-0.1, -0.05) is 48.0 Å². The van der Waals surface area contributed by atoms with E-state index in [2.05, 4.69) is 10.3 Å². The number of nitrogens with one attached hydrogen (secondary N) is 1. The Hall–Kier alpha value is -3.18. The average molecular weight is 395 g/mol. The Morgan fingerprint density at radius 1 is 1.00 bits per heavy atom. The largest absolute Gasteiger partial charge is 0.444 e. The molecule has 1 aromatic heterocycles. The molecule has 5 nitrogen and oxygen atoms in total. The molecule has 0 aliphatic carbocycles. The van der Waals surface area contributed by atoms with Crippen molar-refractivity contribution in [1.82, 2.24) is 4.98 Å². The van der Waals surface area contributed by atoms with E-state index in [0.29, 0.717) is 11.3 Å². The number of carbonyl (C=O) groups excluding carboxylic acids is 2. The van der Waals surface area contributed by atoms with Crippen LogP contribution in [0.2, 0.25) is 5.15 Å². The molecule has 0 aliphatic heterocycles. The summed E-state index contributed by atoms with van der Waals surface area (Å²) < 4.78 is 5.52. The number of aromatic nitrogens is 1. The van der Waals surface area contributed by atoms with Crippen molar-refractivity contribution in [3.63, 3.8) is 0 Å². The number of aryl methyl sites for hydroxylation is 2. The van der Waals surface area contributed by atoms with Crippen molar-refractivity contribution in [2.24, 2.45) is 0 Å². The molecule has 0 saturated carbocycles. The molecule has 2 aromatic carbocycles. The van der Waals surface area contributed by atoms with E-state index in [-0.39, 0.29) is 10.7 Å². The summed E-state index contributed by atoms with van der Waals surface area (Å²) >= 11 is 5.98. The van der Waals surface area contributed by atoms with Crippen LogP contribution < -0.4 is 5.32 Å². The van der Waals surface area contributed by atoms with Gasteiger partial charge in [-0.25, -0.2) is 9.78 Å². The molecule has 1 heterocycles. The first-order valence-corrected chi connectivity index (χ1v) is 9.07. The quantitative estimate of drug-likeness (QED) is 0.494. The second-order valence-electron chi connectivity index (χ2n) is 6.40. The van der Waals surface area contributed by atoms with Crippen LogP contribution in [0.4, 0.5) is 5.69 Å². The third-order valence-corrected chi connectivity index (χ3v) is 4.33. The van der Waals surface area contributed by atoms with Crippen LogP contribution in [0.25, 0.3) is 0 Å². The van der Waals surface area contributed by atoms with Crippen molar-refractivity contribution < 1.29 is 14.3 Å². The van der Waals surface area contributed by atoms with E-state index in [0.717, 1.165) is 11.1 Å². The lowest BCUT2D eigenvalue weighted by molar-refractivity contribution is -0.125. The van der Waals surface area contributed by atoms with E-state index < -0.39 is 18.0 Å². The molecule has 28 heavy (non-hydrogen) atoms. The minimum absolute atomic E-state index is 0.0222. The number of carbonyl (C=O) groups is 2. The number of esters is 1. The third kappa shape index (κ3) is 4.75. The van der Waals surface area contributed by atoms with Gasteiger partial charge in [-0.2, -0.15) is 0 Å². The fourth-order valence-corrected chi connectivity index (χ4v) is 3.06. The van der Waals surface area contributed by atoms with Crippen LogP contribution in [0.3, 0.4) is 0 Å². The van der Waals surface area contributed by atoms with E-state index in [1.807, 2.05) is 38.1 Å². The Morgan fingerprint density at radius 3 is 2.32 bits per heavy atom. The second kappa shape index (κ2) is 8.67. The zero-order chi connectivity index (χ0) is 20.1. The van der Waals surface area contributed by atoms with Crippen molar-refractivity contribution in [2.45, 2.75) is 20.0 Å². The van der Waals surface area contributed by atoms with Gasteiger partial charge in [0.25, 0.3) is 5.91 Å². The van der Waals surface area contributed by atoms with Crippen LogP contribution in [0, 0.1) is 13.8 Å². The molecular formula is C22H19ClN2O3. The monoisotopic (exact) mass is 394 g/mol. The van der Waals surface area contributed by atoms with E-state index in [1.165, 1.54) is 12.3 Å². The molecular weight excluding hydrogens is 376 g/mol. The highest BCUT2D eigenvalue weighted by Crippen LogP contribution is 2.24.